The summed E-state index contributed by atoms with van der Waals surface area (Å²) in [5, 5.41) is 8.42. The number of carbonyl (C=O) groups excluding carboxylic acids is 2. The van der Waals surface area contributed by atoms with Gasteiger partial charge in [-0.2, -0.15) is 11.8 Å². The molecule has 2 aromatic carbocycles. The van der Waals surface area contributed by atoms with Gasteiger partial charge in [-0.3, -0.25) is 9.59 Å². The van der Waals surface area contributed by atoms with Gasteiger partial charge < -0.3 is 10.6 Å². The third-order valence-corrected chi connectivity index (χ3v) is 6.62. The summed E-state index contributed by atoms with van der Waals surface area (Å²) in [5.41, 5.74) is 4.57. The highest BCUT2D eigenvalue weighted by Crippen LogP contribution is 2.26. The van der Waals surface area contributed by atoms with Crippen LogP contribution in [-0.4, -0.2) is 34.8 Å². The Bertz CT molecular complexity index is 1080. The lowest BCUT2D eigenvalue weighted by atomic mass is 10.1. The molecule has 31 heavy (non-hydrogen) atoms. The molecular weight excluding hydrogens is 450 g/mol. The maximum atomic E-state index is 12.9. The molecule has 0 aliphatic carbocycles. The number of nitrogens with one attached hydrogen (secondary N) is 2. The van der Waals surface area contributed by atoms with Gasteiger partial charge in [0.2, 0.25) is 5.91 Å². The molecule has 5 nitrogen and oxygen atoms in total. The Morgan fingerprint density at radius 3 is 2.65 bits per heavy atom. The van der Waals surface area contributed by atoms with E-state index in [9.17, 15) is 9.59 Å². The molecular formula is C23H24ClN3O2S2. The molecule has 2 amide bonds. The van der Waals surface area contributed by atoms with Crippen LogP contribution in [0.15, 0.2) is 47.8 Å². The highest BCUT2D eigenvalue weighted by Gasteiger charge is 2.23. The number of nitrogens with zero attached hydrogens (tertiary/aromatic N) is 1. The summed E-state index contributed by atoms with van der Waals surface area (Å²) in [7, 11) is 0. The Hall–Kier alpha value is -2.35. The number of thioether (sulfide) groups is 1. The van der Waals surface area contributed by atoms with Crippen LogP contribution < -0.4 is 10.6 Å². The van der Waals surface area contributed by atoms with E-state index in [1.807, 2.05) is 17.7 Å². The average Bonchev–Trinajstić information content (AvgIpc) is 3.21. The van der Waals surface area contributed by atoms with E-state index in [1.54, 1.807) is 36.0 Å². The van der Waals surface area contributed by atoms with E-state index in [1.165, 1.54) is 22.5 Å². The number of thiazole rings is 1. The minimum absolute atomic E-state index is 0.296. The normalized spacial score (nSPS) is 11.7. The van der Waals surface area contributed by atoms with Crippen molar-refractivity contribution in [2.45, 2.75) is 26.3 Å². The molecule has 3 aromatic rings. The monoisotopic (exact) mass is 473 g/mol. The van der Waals surface area contributed by atoms with Crippen LogP contribution in [-0.2, 0) is 4.79 Å². The van der Waals surface area contributed by atoms with Crippen LogP contribution in [0.2, 0.25) is 5.02 Å². The van der Waals surface area contributed by atoms with Crippen LogP contribution in [0.25, 0.3) is 11.3 Å². The number of hydrogen-bond acceptors (Lipinski definition) is 5. The maximum absolute atomic E-state index is 12.9. The Balaban J connectivity index is 1.72. The number of rotatable bonds is 8. The molecule has 2 N–H and O–H groups in total. The fraction of sp³-hybridized carbons (Fsp3) is 0.261. The van der Waals surface area contributed by atoms with Gasteiger partial charge in [0, 0.05) is 10.9 Å². The number of benzene rings is 2. The third-order valence-electron chi connectivity index (χ3n) is 4.89. The Morgan fingerprint density at radius 1 is 1.16 bits per heavy atom. The highest BCUT2D eigenvalue weighted by atomic mass is 35.5. The van der Waals surface area contributed by atoms with E-state index in [0.29, 0.717) is 22.1 Å². The topological polar surface area (TPSA) is 71.1 Å². The Labute approximate surface area is 195 Å². The molecule has 1 atom stereocenters. The predicted octanol–water partition coefficient (Wildman–Crippen LogP) is 5.57. The van der Waals surface area contributed by atoms with Gasteiger partial charge in [0.25, 0.3) is 5.91 Å². The van der Waals surface area contributed by atoms with Gasteiger partial charge in [-0.05, 0) is 61.6 Å². The SMILES string of the molecule is CSCCC(NC(=O)c1ccccc1Cl)C(=O)Nc1nc(-c2ccc(C)c(C)c2)cs1. The van der Waals surface area contributed by atoms with Crippen molar-refractivity contribution in [2.75, 3.05) is 17.3 Å². The van der Waals surface area contributed by atoms with Crippen molar-refractivity contribution in [3.05, 3.63) is 69.6 Å². The van der Waals surface area contributed by atoms with Gasteiger partial charge in [0.1, 0.15) is 6.04 Å². The first-order chi connectivity index (χ1) is 14.9. The molecule has 1 aromatic heterocycles. The van der Waals surface area contributed by atoms with Gasteiger partial charge in [0.05, 0.1) is 16.3 Å². The lowest BCUT2D eigenvalue weighted by Crippen LogP contribution is -2.44. The fourth-order valence-electron chi connectivity index (χ4n) is 2.94. The zero-order valence-corrected chi connectivity index (χ0v) is 20.0. The summed E-state index contributed by atoms with van der Waals surface area (Å²) in [6.45, 7) is 4.13. The number of aromatic nitrogens is 1. The van der Waals surface area contributed by atoms with Crippen LogP contribution >= 0.6 is 34.7 Å². The van der Waals surface area contributed by atoms with Crippen molar-refractivity contribution in [1.29, 1.82) is 0 Å². The van der Waals surface area contributed by atoms with Gasteiger partial charge >= 0.3 is 0 Å². The molecule has 0 aliphatic rings. The van der Waals surface area contributed by atoms with Crippen LogP contribution in [0.4, 0.5) is 5.13 Å². The number of anilines is 1. The number of carbonyl (C=O) groups is 2. The Morgan fingerprint density at radius 2 is 1.94 bits per heavy atom. The maximum Gasteiger partial charge on any atom is 0.253 e. The summed E-state index contributed by atoms with van der Waals surface area (Å²) in [4.78, 5) is 30.1. The van der Waals surface area contributed by atoms with Crippen LogP contribution in [0.5, 0.6) is 0 Å². The van der Waals surface area contributed by atoms with Gasteiger partial charge in [0.15, 0.2) is 5.13 Å². The smallest absolute Gasteiger partial charge is 0.253 e. The number of aryl methyl sites for hydroxylation is 2. The third kappa shape index (κ3) is 6.09. The quantitative estimate of drug-likeness (QED) is 0.448. The summed E-state index contributed by atoms with van der Waals surface area (Å²) < 4.78 is 0. The van der Waals surface area contributed by atoms with Crippen molar-refractivity contribution < 1.29 is 9.59 Å². The molecule has 1 heterocycles. The molecule has 0 aliphatic heterocycles. The summed E-state index contributed by atoms with van der Waals surface area (Å²) in [6.07, 6.45) is 2.46. The molecule has 0 fully saturated rings. The van der Waals surface area contributed by atoms with Crippen molar-refractivity contribution in [2.24, 2.45) is 0 Å². The second kappa shape index (κ2) is 10.8. The molecule has 1 unspecified atom stereocenters. The molecule has 0 radical (unpaired) electrons. The first-order valence-corrected chi connectivity index (χ1v) is 12.4. The van der Waals surface area contributed by atoms with E-state index in [2.05, 4.69) is 41.6 Å². The minimum Gasteiger partial charge on any atom is -0.340 e. The summed E-state index contributed by atoms with van der Waals surface area (Å²) in [5.74, 6) is 0.0596. The second-order valence-corrected chi connectivity index (χ2v) is 9.36. The van der Waals surface area contributed by atoms with Gasteiger partial charge in [-0.15, -0.1) is 11.3 Å². The van der Waals surface area contributed by atoms with Gasteiger partial charge in [-0.1, -0.05) is 35.9 Å². The lowest BCUT2D eigenvalue weighted by Gasteiger charge is -2.17. The molecule has 0 spiro atoms. The molecule has 162 valence electrons. The minimum atomic E-state index is -0.690. The molecule has 0 bridgehead atoms. The number of hydrogen-bond donors (Lipinski definition) is 2. The van der Waals surface area contributed by atoms with E-state index in [-0.39, 0.29) is 11.8 Å². The number of amides is 2. The average molecular weight is 474 g/mol. The Kier molecular flexibility index (Phi) is 8.12. The highest BCUT2D eigenvalue weighted by molar-refractivity contribution is 7.98. The van der Waals surface area contributed by atoms with Crippen LogP contribution in [0.1, 0.15) is 27.9 Å². The number of halogens is 1. The zero-order valence-electron chi connectivity index (χ0n) is 17.6. The van der Waals surface area contributed by atoms with Crippen LogP contribution in [0.3, 0.4) is 0 Å². The van der Waals surface area contributed by atoms with E-state index >= 15 is 0 Å². The van der Waals surface area contributed by atoms with Gasteiger partial charge in [-0.25, -0.2) is 4.98 Å². The zero-order chi connectivity index (χ0) is 22.4. The van der Waals surface area contributed by atoms with Crippen molar-refractivity contribution in [3.8, 4) is 11.3 Å². The van der Waals surface area contributed by atoms with Crippen molar-refractivity contribution in [1.82, 2.24) is 10.3 Å². The first-order valence-electron chi connectivity index (χ1n) is 9.77. The predicted molar refractivity (Wildman–Crippen MR) is 131 cm³/mol. The molecule has 3 rings (SSSR count). The van der Waals surface area contributed by atoms with Crippen molar-refractivity contribution in [3.63, 3.8) is 0 Å². The molecule has 8 heteroatoms. The summed E-state index contributed by atoms with van der Waals surface area (Å²) in [6, 6.07) is 12.3. The van der Waals surface area contributed by atoms with E-state index in [4.69, 9.17) is 11.6 Å². The van der Waals surface area contributed by atoms with Crippen LogP contribution in [0, 0.1) is 13.8 Å². The lowest BCUT2D eigenvalue weighted by molar-refractivity contribution is -0.118. The standard InChI is InChI=1S/C23H24ClN3O2S2/c1-14-8-9-16(12-15(14)2)20-13-31-23(26-20)27-22(29)19(10-11-30-3)25-21(28)17-6-4-5-7-18(17)24/h4-9,12-13,19H,10-11H2,1-3H3,(H,25,28)(H,26,27,29). The van der Waals surface area contributed by atoms with Crippen molar-refractivity contribution >= 4 is 51.6 Å². The molecule has 0 saturated heterocycles. The first kappa shape index (κ1) is 23.3. The second-order valence-electron chi connectivity index (χ2n) is 7.11. The summed E-state index contributed by atoms with van der Waals surface area (Å²) >= 11 is 9.10. The van der Waals surface area contributed by atoms with E-state index < -0.39 is 6.04 Å². The molecule has 0 saturated carbocycles. The largest absolute Gasteiger partial charge is 0.340 e. The van der Waals surface area contributed by atoms with E-state index in [0.717, 1.165) is 17.0 Å². The fourth-order valence-corrected chi connectivity index (χ4v) is 4.36.